The highest BCUT2D eigenvalue weighted by atomic mass is 32.2. The Balaban J connectivity index is 2.24. The van der Waals surface area contributed by atoms with Crippen molar-refractivity contribution in [2.24, 2.45) is 11.1 Å². The lowest BCUT2D eigenvalue weighted by Crippen LogP contribution is -2.41. The van der Waals surface area contributed by atoms with Crippen LogP contribution in [0.5, 0.6) is 0 Å². The van der Waals surface area contributed by atoms with Gasteiger partial charge in [-0.05, 0) is 45.6 Å². The summed E-state index contributed by atoms with van der Waals surface area (Å²) >= 11 is 0. The first-order chi connectivity index (χ1) is 9.70. The van der Waals surface area contributed by atoms with Crippen molar-refractivity contribution in [3.63, 3.8) is 0 Å². The summed E-state index contributed by atoms with van der Waals surface area (Å²) in [5, 5.41) is 8.11. The lowest BCUT2D eigenvalue weighted by atomic mass is 9.80. The first-order valence-electron chi connectivity index (χ1n) is 7.25. The van der Waals surface area contributed by atoms with E-state index >= 15 is 0 Å². The Labute approximate surface area is 125 Å². The number of primary sulfonamides is 1. The number of nitrogens with zero attached hydrogens (tertiary/aromatic N) is 1. The average Bonchev–Trinajstić information content (AvgIpc) is 2.70. The van der Waals surface area contributed by atoms with Crippen LogP contribution < -0.4 is 10.5 Å². The third kappa shape index (κ3) is 3.47. The number of rotatable bonds is 5. The van der Waals surface area contributed by atoms with E-state index in [2.05, 4.69) is 5.32 Å². The normalized spacial score (nSPS) is 17.6. The van der Waals surface area contributed by atoms with Crippen LogP contribution in [0.3, 0.4) is 0 Å². The molecule has 1 aliphatic carbocycles. The highest BCUT2D eigenvalue weighted by Crippen LogP contribution is 2.29. The first-order valence-corrected chi connectivity index (χ1v) is 8.80. The molecule has 1 atom stereocenters. The molecule has 0 spiro atoms. The minimum atomic E-state index is -3.81. The predicted molar refractivity (Wildman–Crippen MR) is 80.5 cm³/mol. The number of carbonyl (C=O) groups excluding carboxylic acids is 1. The number of nitrogens with one attached hydrogen (secondary N) is 1. The van der Waals surface area contributed by atoms with Gasteiger partial charge in [-0.2, -0.15) is 0 Å². The fourth-order valence-corrected chi connectivity index (χ4v) is 3.09. The van der Waals surface area contributed by atoms with Crippen molar-refractivity contribution in [2.75, 3.05) is 0 Å². The van der Waals surface area contributed by atoms with E-state index in [0.717, 1.165) is 12.8 Å². The van der Waals surface area contributed by atoms with Gasteiger partial charge in [0.1, 0.15) is 10.6 Å². The molecule has 1 amide bonds. The Morgan fingerprint density at radius 1 is 1.38 bits per heavy atom. The van der Waals surface area contributed by atoms with E-state index in [4.69, 9.17) is 5.14 Å². The molecular formula is C14H23N3O3S. The van der Waals surface area contributed by atoms with Gasteiger partial charge in [-0.25, -0.2) is 13.6 Å². The lowest BCUT2D eigenvalue weighted by molar-refractivity contribution is 0.0898. The molecule has 0 bridgehead atoms. The summed E-state index contributed by atoms with van der Waals surface area (Å²) in [5.41, 5.74) is 0.334. The highest BCUT2D eigenvalue weighted by molar-refractivity contribution is 7.89. The molecule has 0 radical (unpaired) electrons. The predicted octanol–water partition coefficient (Wildman–Crippen LogP) is 1.63. The van der Waals surface area contributed by atoms with Crippen molar-refractivity contribution in [1.82, 2.24) is 9.88 Å². The van der Waals surface area contributed by atoms with Crippen molar-refractivity contribution >= 4 is 15.9 Å². The van der Waals surface area contributed by atoms with Crippen molar-refractivity contribution in [2.45, 2.75) is 57.0 Å². The van der Waals surface area contributed by atoms with Crippen LogP contribution in [0.1, 0.15) is 56.6 Å². The van der Waals surface area contributed by atoms with Crippen molar-refractivity contribution < 1.29 is 13.2 Å². The Kier molecular flexibility index (Phi) is 4.43. The van der Waals surface area contributed by atoms with E-state index in [9.17, 15) is 13.2 Å². The molecule has 7 heteroatoms. The van der Waals surface area contributed by atoms with Gasteiger partial charge in [0.25, 0.3) is 5.91 Å². The van der Waals surface area contributed by atoms with E-state index in [-0.39, 0.29) is 22.9 Å². The maximum atomic E-state index is 12.4. The van der Waals surface area contributed by atoms with Crippen LogP contribution in [0.15, 0.2) is 17.2 Å². The summed E-state index contributed by atoms with van der Waals surface area (Å²) < 4.78 is 24.6. The number of nitrogens with two attached hydrogens (primary N) is 1. The van der Waals surface area contributed by atoms with E-state index in [1.807, 2.05) is 20.8 Å². The largest absolute Gasteiger partial charge is 0.348 e. The van der Waals surface area contributed by atoms with Gasteiger partial charge in [-0.15, -0.1) is 0 Å². The van der Waals surface area contributed by atoms with Crippen LogP contribution in [0, 0.1) is 5.92 Å². The van der Waals surface area contributed by atoms with Gasteiger partial charge in [0, 0.05) is 18.3 Å². The molecule has 2 rings (SSSR count). The minimum absolute atomic E-state index is 0.0275. The van der Waals surface area contributed by atoms with Gasteiger partial charge in [0.2, 0.25) is 10.0 Å². The average molecular weight is 313 g/mol. The Morgan fingerprint density at radius 3 is 2.43 bits per heavy atom. The molecule has 1 unspecified atom stereocenters. The zero-order chi connectivity index (χ0) is 15.8. The molecule has 21 heavy (non-hydrogen) atoms. The maximum Gasteiger partial charge on any atom is 0.268 e. The van der Waals surface area contributed by atoms with Gasteiger partial charge >= 0.3 is 0 Å². The SMILES string of the molecule is CC(NC(=O)c1cc(S(N)(=O)=O)cn1C(C)C)C1CCC1. The van der Waals surface area contributed by atoms with Gasteiger partial charge in [-0.3, -0.25) is 4.79 Å². The third-order valence-corrected chi connectivity index (χ3v) is 5.04. The summed E-state index contributed by atoms with van der Waals surface area (Å²) in [7, 11) is -3.81. The number of carbonyl (C=O) groups is 1. The van der Waals surface area contributed by atoms with Crippen molar-refractivity contribution in [3.05, 3.63) is 18.0 Å². The molecule has 1 aromatic rings. The molecule has 1 heterocycles. The smallest absolute Gasteiger partial charge is 0.268 e. The number of hydrogen-bond donors (Lipinski definition) is 2. The number of sulfonamides is 1. The highest BCUT2D eigenvalue weighted by Gasteiger charge is 2.27. The molecule has 118 valence electrons. The second-order valence-corrected chi connectivity index (χ2v) is 7.62. The van der Waals surface area contributed by atoms with Crippen LogP contribution in [0.4, 0.5) is 0 Å². The van der Waals surface area contributed by atoms with Crippen LogP contribution in [-0.4, -0.2) is 24.9 Å². The lowest BCUT2D eigenvalue weighted by Gasteiger charge is -2.32. The molecule has 1 aromatic heterocycles. The summed E-state index contributed by atoms with van der Waals surface area (Å²) in [6.07, 6.45) is 4.90. The zero-order valence-corrected chi connectivity index (χ0v) is 13.5. The molecule has 3 N–H and O–H groups in total. The Hall–Kier alpha value is -1.34. The molecule has 1 aliphatic rings. The summed E-state index contributed by atoms with van der Waals surface area (Å²) in [6, 6.07) is 1.41. The molecule has 1 saturated carbocycles. The van der Waals surface area contributed by atoms with E-state index in [1.165, 1.54) is 18.7 Å². The third-order valence-electron chi connectivity index (χ3n) is 4.16. The van der Waals surface area contributed by atoms with Gasteiger partial charge in [0.15, 0.2) is 0 Å². The molecule has 1 fully saturated rings. The van der Waals surface area contributed by atoms with Crippen molar-refractivity contribution in [1.29, 1.82) is 0 Å². The summed E-state index contributed by atoms with van der Waals surface area (Å²) in [4.78, 5) is 12.4. The zero-order valence-electron chi connectivity index (χ0n) is 12.7. The maximum absolute atomic E-state index is 12.4. The summed E-state index contributed by atoms with van der Waals surface area (Å²) in [5.74, 6) is 0.270. The van der Waals surface area contributed by atoms with Crippen LogP contribution in [-0.2, 0) is 10.0 Å². The molecule has 0 aliphatic heterocycles. The minimum Gasteiger partial charge on any atom is -0.348 e. The standard InChI is InChI=1S/C14H23N3O3S/c1-9(2)17-8-12(21(15,19)20)7-13(17)14(18)16-10(3)11-5-4-6-11/h7-11H,4-6H2,1-3H3,(H,16,18)(H2,15,19,20). The first kappa shape index (κ1) is 16.0. The second-order valence-electron chi connectivity index (χ2n) is 6.06. The van der Waals surface area contributed by atoms with Crippen LogP contribution in [0.2, 0.25) is 0 Å². The number of aromatic nitrogens is 1. The molecule has 6 nitrogen and oxygen atoms in total. The second kappa shape index (κ2) is 5.81. The Morgan fingerprint density at radius 2 is 2.00 bits per heavy atom. The molecule has 0 aromatic carbocycles. The molecule has 0 saturated heterocycles. The van der Waals surface area contributed by atoms with Gasteiger partial charge in [-0.1, -0.05) is 6.42 Å². The summed E-state index contributed by atoms with van der Waals surface area (Å²) in [6.45, 7) is 5.77. The fourth-order valence-electron chi connectivity index (χ4n) is 2.56. The topological polar surface area (TPSA) is 94.2 Å². The van der Waals surface area contributed by atoms with E-state index < -0.39 is 10.0 Å². The fraction of sp³-hybridized carbons (Fsp3) is 0.643. The van der Waals surface area contributed by atoms with Crippen LogP contribution >= 0.6 is 0 Å². The van der Waals surface area contributed by atoms with Gasteiger partial charge < -0.3 is 9.88 Å². The van der Waals surface area contributed by atoms with Crippen molar-refractivity contribution in [3.8, 4) is 0 Å². The van der Waals surface area contributed by atoms with Crippen LogP contribution in [0.25, 0.3) is 0 Å². The van der Waals surface area contributed by atoms with Gasteiger partial charge in [0.05, 0.1) is 0 Å². The molecular weight excluding hydrogens is 290 g/mol. The Bertz CT molecular complexity index is 630. The number of amides is 1. The quantitative estimate of drug-likeness (QED) is 0.865. The van der Waals surface area contributed by atoms with E-state index in [1.54, 1.807) is 4.57 Å². The number of hydrogen-bond acceptors (Lipinski definition) is 3. The monoisotopic (exact) mass is 313 g/mol. The van der Waals surface area contributed by atoms with E-state index in [0.29, 0.717) is 11.6 Å².